The summed E-state index contributed by atoms with van der Waals surface area (Å²) in [6, 6.07) is 6.29. The van der Waals surface area contributed by atoms with Crippen LogP contribution in [0.15, 0.2) is 24.3 Å². The zero-order valence-corrected chi connectivity index (χ0v) is 12.2. The van der Waals surface area contributed by atoms with Gasteiger partial charge in [0.25, 0.3) is 5.91 Å². The van der Waals surface area contributed by atoms with Crippen LogP contribution in [0.3, 0.4) is 0 Å². The molecule has 0 aromatic heterocycles. The number of amides is 2. The number of ether oxygens (including phenoxy) is 2. The normalized spacial score (nSPS) is 9.67. The Morgan fingerprint density at radius 2 is 1.95 bits per heavy atom. The van der Waals surface area contributed by atoms with Crippen molar-refractivity contribution in [3.8, 4) is 5.75 Å². The molecule has 0 saturated heterocycles. The van der Waals surface area contributed by atoms with Gasteiger partial charge in [-0.3, -0.25) is 9.59 Å². The van der Waals surface area contributed by atoms with Crippen LogP contribution in [-0.2, 0) is 14.3 Å². The highest BCUT2D eigenvalue weighted by molar-refractivity contribution is 5.89. The molecule has 0 radical (unpaired) electrons. The van der Waals surface area contributed by atoms with Gasteiger partial charge in [0.15, 0.2) is 6.61 Å². The fraction of sp³-hybridized carbons (Fsp3) is 0.357. The van der Waals surface area contributed by atoms with Crippen LogP contribution in [0.2, 0.25) is 0 Å². The Labute approximate surface area is 122 Å². The topological polar surface area (TPSA) is 84.9 Å². The van der Waals surface area contributed by atoms with Crippen molar-refractivity contribution >= 4 is 17.8 Å². The van der Waals surface area contributed by atoms with Gasteiger partial charge in [0, 0.05) is 14.1 Å². The first-order valence-electron chi connectivity index (χ1n) is 6.22. The van der Waals surface area contributed by atoms with Crippen LogP contribution in [0.25, 0.3) is 0 Å². The molecule has 21 heavy (non-hydrogen) atoms. The van der Waals surface area contributed by atoms with E-state index in [1.54, 1.807) is 32.3 Å². The molecule has 1 aromatic carbocycles. The minimum Gasteiger partial charge on any atom is -0.484 e. The minimum absolute atomic E-state index is 0.0859. The molecule has 0 aliphatic heterocycles. The van der Waals surface area contributed by atoms with Crippen LogP contribution in [0.4, 0.5) is 0 Å². The molecule has 0 heterocycles. The van der Waals surface area contributed by atoms with E-state index in [1.165, 1.54) is 18.1 Å². The first-order valence-corrected chi connectivity index (χ1v) is 6.22. The predicted octanol–water partition coefficient (Wildman–Crippen LogP) is 0.0564. The molecule has 114 valence electrons. The molecule has 7 nitrogen and oxygen atoms in total. The molecular weight excluding hydrogens is 276 g/mol. The number of nitrogens with one attached hydrogen (secondary N) is 1. The third-order valence-corrected chi connectivity index (χ3v) is 2.56. The summed E-state index contributed by atoms with van der Waals surface area (Å²) >= 11 is 0. The van der Waals surface area contributed by atoms with Gasteiger partial charge in [-0.25, -0.2) is 4.79 Å². The molecule has 0 saturated carbocycles. The van der Waals surface area contributed by atoms with Crippen LogP contribution >= 0.6 is 0 Å². The van der Waals surface area contributed by atoms with Gasteiger partial charge in [0.2, 0.25) is 5.91 Å². The summed E-state index contributed by atoms with van der Waals surface area (Å²) in [5, 5.41) is 2.44. The summed E-state index contributed by atoms with van der Waals surface area (Å²) < 4.78 is 9.84. The second kappa shape index (κ2) is 7.88. The van der Waals surface area contributed by atoms with E-state index < -0.39 is 11.9 Å². The van der Waals surface area contributed by atoms with Gasteiger partial charge in [-0.1, -0.05) is 6.07 Å². The number of carbonyl (C=O) groups excluding carboxylic acids is 3. The number of esters is 1. The van der Waals surface area contributed by atoms with Crippen LogP contribution in [0.1, 0.15) is 10.4 Å². The van der Waals surface area contributed by atoms with Crippen molar-refractivity contribution in [2.75, 3.05) is 34.4 Å². The summed E-state index contributed by atoms with van der Waals surface area (Å²) in [6.45, 7) is -0.331. The highest BCUT2D eigenvalue weighted by Crippen LogP contribution is 2.13. The molecule has 1 N–H and O–H groups in total. The molecule has 0 fully saturated rings. The van der Waals surface area contributed by atoms with E-state index in [0.717, 1.165) is 0 Å². The SMILES string of the molecule is COC(=O)c1cccc(OCC(=O)NCC(=O)N(C)C)c1. The molecule has 2 amide bonds. The maximum absolute atomic E-state index is 11.5. The number of likely N-dealkylation sites (N-methyl/N-ethyl adjacent to an activating group) is 1. The van der Waals surface area contributed by atoms with E-state index >= 15 is 0 Å². The van der Waals surface area contributed by atoms with Crippen molar-refractivity contribution in [3.05, 3.63) is 29.8 Å². The second-order valence-corrected chi connectivity index (χ2v) is 4.37. The maximum Gasteiger partial charge on any atom is 0.337 e. The molecule has 1 rings (SSSR count). The van der Waals surface area contributed by atoms with Gasteiger partial charge in [-0.05, 0) is 18.2 Å². The number of benzene rings is 1. The van der Waals surface area contributed by atoms with Gasteiger partial charge >= 0.3 is 5.97 Å². The minimum atomic E-state index is -0.485. The molecular formula is C14H18N2O5. The Morgan fingerprint density at radius 1 is 1.24 bits per heavy atom. The molecule has 0 aliphatic carbocycles. The number of carbonyl (C=O) groups is 3. The van der Waals surface area contributed by atoms with Crippen molar-refractivity contribution in [1.82, 2.24) is 10.2 Å². The lowest BCUT2D eigenvalue weighted by molar-refractivity contribution is -0.131. The monoisotopic (exact) mass is 294 g/mol. The molecule has 1 aromatic rings. The molecule has 7 heteroatoms. The Morgan fingerprint density at radius 3 is 2.57 bits per heavy atom. The predicted molar refractivity (Wildman–Crippen MR) is 75.0 cm³/mol. The van der Waals surface area contributed by atoms with E-state index in [2.05, 4.69) is 10.1 Å². The number of hydrogen-bond donors (Lipinski definition) is 1. The van der Waals surface area contributed by atoms with Crippen molar-refractivity contribution in [2.24, 2.45) is 0 Å². The lowest BCUT2D eigenvalue weighted by Crippen LogP contribution is -2.38. The highest BCUT2D eigenvalue weighted by Gasteiger charge is 2.09. The molecule has 0 aliphatic rings. The zero-order chi connectivity index (χ0) is 15.8. The Hall–Kier alpha value is -2.57. The highest BCUT2D eigenvalue weighted by atomic mass is 16.5. The smallest absolute Gasteiger partial charge is 0.337 e. The van der Waals surface area contributed by atoms with E-state index in [9.17, 15) is 14.4 Å². The fourth-order valence-electron chi connectivity index (χ4n) is 1.36. The third-order valence-electron chi connectivity index (χ3n) is 2.56. The van der Waals surface area contributed by atoms with Crippen LogP contribution in [-0.4, -0.2) is 57.0 Å². The Bertz CT molecular complexity index is 528. The lowest BCUT2D eigenvalue weighted by atomic mass is 10.2. The van der Waals surface area contributed by atoms with Crippen molar-refractivity contribution < 1.29 is 23.9 Å². The maximum atomic E-state index is 11.5. The molecule has 0 atom stereocenters. The van der Waals surface area contributed by atoms with E-state index in [1.807, 2.05) is 0 Å². The number of nitrogens with zero attached hydrogens (tertiary/aromatic N) is 1. The van der Waals surface area contributed by atoms with E-state index in [-0.39, 0.29) is 19.1 Å². The van der Waals surface area contributed by atoms with Crippen LogP contribution in [0.5, 0.6) is 5.75 Å². The Balaban J connectivity index is 2.46. The second-order valence-electron chi connectivity index (χ2n) is 4.37. The fourth-order valence-corrected chi connectivity index (χ4v) is 1.36. The average molecular weight is 294 g/mol. The summed E-state index contributed by atoms with van der Waals surface area (Å²) in [4.78, 5) is 35.5. The quantitative estimate of drug-likeness (QED) is 0.750. The Kier molecular flexibility index (Phi) is 6.19. The average Bonchev–Trinajstić information content (AvgIpc) is 2.49. The van der Waals surface area contributed by atoms with Crippen molar-refractivity contribution in [3.63, 3.8) is 0 Å². The molecule has 0 bridgehead atoms. The molecule has 0 spiro atoms. The zero-order valence-electron chi connectivity index (χ0n) is 12.2. The summed E-state index contributed by atoms with van der Waals surface area (Å²) in [5.41, 5.74) is 0.332. The van der Waals surface area contributed by atoms with Gasteiger partial charge in [-0.2, -0.15) is 0 Å². The van der Waals surface area contributed by atoms with Gasteiger partial charge < -0.3 is 19.7 Å². The standard InChI is InChI=1S/C14H18N2O5/c1-16(2)13(18)8-15-12(17)9-21-11-6-4-5-10(7-11)14(19)20-3/h4-7H,8-9H2,1-3H3,(H,15,17). The van der Waals surface area contributed by atoms with Gasteiger partial charge in [-0.15, -0.1) is 0 Å². The van der Waals surface area contributed by atoms with E-state index in [0.29, 0.717) is 11.3 Å². The first kappa shape index (κ1) is 16.5. The van der Waals surface area contributed by atoms with Crippen molar-refractivity contribution in [2.45, 2.75) is 0 Å². The summed E-state index contributed by atoms with van der Waals surface area (Å²) in [7, 11) is 4.48. The number of rotatable bonds is 6. The van der Waals surface area contributed by atoms with Crippen LogP contribution < -0.4 is 10.1 Å². The van der Waals surface area contributed by atoms with Crippen molar-refractivity contribution in [1.29, 1.82) is 0 Å². The third kappa shape index (κ3) is 5.52. The van der Waals surface area contributed by atoms with E-state index in [4.69, 9.17) is 4.74 Å². The van der Waals surface area contributed by atoms with Crippen LogP contribution in [0, 0.1) is 0 Å². The first-order chi connectivity index (χ1) is 9.93. The largest absolute Gasteiger partial charge is 0.484 e. The molecule has 0 unspecified atom stereocenters. The number of methoxy groups -OCH3 is 1. The van der Waals surface area contributed by atoms with Gasteiger partial charge in [0.05, 0.1) is 19.2 Å². The lowest BCUT2D eigenvalue weighted by Gasteiger charge is -2.11. The number of hydrogen-bond acceptors (Lipinski definition) is 5. The summed E-state index contributed by atoms with van der Waals surface area (Å²) in [6.07, 6.45) is 0. The summed E-state index contributed by atoms with van der Waals surface area (Å²) in [5.74, 6) is -0.752. The van der Waals surface area contributed by atoms with Gasteiger partial charge in [0.1, 0.15) is 5.75 Å².